The van der Waals surface area contributed by atoms with Gasteiger partial charge in [-0.05, 0) is 17.7 Å². The molecule has 2 aromatic heterocycles. The van der Waals surface area contributed by atoms with Gasteiger partial charge >= 0.3 is 11.6 Å². The highest BCUT2D eigenvalue weighted by Gasteiger charge is 2.23. The molecule has 0 unspecified atom stereocenters. The monoisotopic (exact) mass is 354 g/mol. The second-order valence-corrected chi connectivity index (χ2v) is 5.07. The van der Waals surface area contributed by atoms with Crippen molar-refractivity contribution in [2.24, 2.45) is 0 Å². The first-order valence-corrected chi connectivity index (χ1v) is 7.52. The highest BCUT2D eigenvalue weighted by atomic mass is 16.6. The van der Waals surface area contributed by atoms with E-state index in [0.29, 0.717) is 6.54 Å². The summed E-state index contributed by atoms with van der Waals surface area (Å²) in [5, 5.41) is 14.3. The summed E-state index contributed by atoms with van der Waals surface area (Å²) in [6.45, 7) is 0.344. The smallest absolute Gasteiger partial charge is 0.354 e. The Labute approximate surface area is 147 Å². The Balaban J connectivity index is 1.75. The Hall–Kier alpha value is -3.95. The minimum Gasteiger partial charge on any atom is -0.459 e. The van der Waals surface area contributed by atoms with Crippen LogP contribution in [-0.4, -0.2) is 20.8 Å². The molecule has 0 spiro atoms. The lowest BCUT2D eigenvalue weighted by Crippen LogP contribution is -2.30. The molecule has 10 nitrogen and oxygen atoms in total. The standard InChI is InChI=1S/C16H14N6O4/c23-16(12-7-4-8-26-12)21-20-15-13(22(24)25)14(18-10-19-15)17-9-11-5-2-1-3-6-11/h1-8,10H,9H2,(H,21,23)(H2,17,18,19,20). The van der Waals surface area contributed by atoms with Crippen LogP contribution in [0, 0.1) is 10.1 Å². The first-order chi connectivity index (χ1) is 12.6. The van der Waals surface area contributed by atoms with Crippen molar-refractivity contribution in [3.05, 3.63) is 76.5 Å². The number of hydrogen-bond donors (Lipinski definition) is 3. The molecule has 26 heavy (non-hydrogen) atoms. The molecule has 0 saturated heterocycles. The molecule has 0 aliphatic heterocycles. The van der Waals surface area contributed by atoms with Gasteiger partial charge in [-0.15, -0.1) is 0 Å². The van der Waals surface area contributed by atoms with E-state index in [-0.39, 0.29) is 23.1 Å². The third kappa shape index (κ3) is 3.93. The zero-order chi connectivity index (χ0) is 18.4. The average molecular weight is 354 g/mol. The van der Waals surface area contributed by atoms with Gasteiger partial charge < -0.3 is 9.73 Å². The van der Waals surface area contributed by atoms with Crippen LogP contribution in [0.5, 0.6) is 0 Å². The van der Waals surface area contributed by atoms with Gasteiger partial charge in [0.2, 0.25) is 11.6 Å². The molecule has 0 aliphatic rings. The lowest BCUT2D eigenvalue weighted by Gasteiger charge is -2.10. The maximum Gasteiger partial charge on any atom is 0.354 e. The average Bonchev–Trinajstić information content (AvgIpc) is 3.20. The van der Waals surface area contributed by atoms with Gasteiger partial charge in [0.25, 0.3) is 0 Å². The van der Waals surface area contributed by atoms with Gasteiger partial charge in [0, 0.05) is 6.54 Å². The Morgan fingerprint density at radius 1 is 1.12 bits per heavy atom. The summed E-state index contributed by atoms with van der Waals surface area (Å²) >= 11 is 0. The fourth-order valence-corrected chi connectivity index (χ4v) is 2.14. The molecular formula is C16H14N6O4. The molecule has 132 valence electrons. The topological polar surface area (TPSA) is 135 Å². The van der Waals surface area contributed by atoms with Gasteiger partial charge in [0.05, 0.1) is 11.2 Å². The normalized spacial score (nSPS) is 10.2. The number of hydrazine groups is 1. The molecule has 3 aromatic rings. The summed E-state index contributed by atoms with van der Waals surface area (Å²) in [7, 11) is 0. The maximum atomic E-state index is 11.9. The molecule has 0 fully saturated rings. The second kappa shape index (κ2) is 7.75. The second-order valence-electron chi connectivity index (χ2n) is 5.07. The lowest BCUT2D eigenvalue weighted by molar-refractivity contribution is -0.383. The van der Waals surface area contributed by atoms with Crippen molar-refractivity contribution < 1.29 is 14.1 Å². The number of nitrogens with zero attached hydrogens (tertiary/aromatic N) is 3. The SMILES string of the molecule is O=C(NNc1ncnc(NCc2ccccc2)c1[N+](=O)[O-])c1ccco1. The van der Waals surface area contributed by atoms with E-state index in [1.54, 1.807) is 6.07 Å². The van der Waals surface area contributed by atoms with E-state index in [9.17, 15) is 14.9 Å². The van der Waals surface area contributed by atoms with E-state index in [0.717, 1.165) is 11.9 Å². The van der Waals surface area contributed by atoms with Crippen molar-refractivity contribution in [2.45, 2.75) is 6.54 Å². The molecular weight excluding hydrogens is 340 g/mol. The van der Waals surface area contributed by atoms with Crippen molar-refractivity contribution in [3.63, 3.8) is 0 Å². The van der Waals surface area contributed by atoms with E-state index in [2.05, 4.69) is 26.1 Å². The number of carbonyl (C=O) groups is 1. The number of nitrogens with one attached hydrogen (secondary N) is 3. The van der Waals surface area contributed by atoms with Crippen LogP contribution in [0.2, 0.25) is 0 Å². The van der Waals surface area contributed by atoms with Gasteiger partial charge in [0.1, 0.15) is 6.33 Å². The highest BCUT2D eigenvalue weighted by molar-refractivity contribution is 5.92. The predicted octanol–water partition coefficient (Wildman–Crippen LogP) is 2.35. The van der Waals surface area contributed by atoms with Gasteiger partial charge in [-0.1, -0.05) is 30.3 Å². The first-order valence-electron chi connectivity index (χ1n) is 7.52. The van der Waals surface area contributed by atoms with Crippen molar-refractivity contribution in [1.29, 1.82) is 0 Å². The van der Waals surface area contributed by atoms with Crippen molar-refractivity contribution >= 4 is 23.2 Å². The summed E-state index contributed by atoms with van der Waals surface area (Å²) < 4.78 is 4.94. The van der Waals surface area contributed by atoms with E-state index < -0.39 is 10.8 Å². The van der Waals surface area contributed by atoms with Gasteiger partial charge in [-0.3, -0.25) is 25.8 Å². The van der Waals surface area contributed by atoms with Crippen LogP contribution in [0.4, 0.5) is 17.3 Å². The molecule has 0 bridgehead atoms. The molecule has 1 aromatic carbocycles. The zero-order valence-electron chi connectivity index (χ0n) is 13.4. The summed E-state index contributed by atoms with van der Waals surface area (Å²) in [6, 6.07) is 12.4. The number of benzene rings is 1. The quantitative estimate of drug-likeness (QED) is 0.434. The minimum atomic E-state index is -0.630. The summed E-state index contributed by atoms with van der Waals surface area (Å²) in [5.74, 6) is -0.664. The van der Waals surface area contributed by atoms with E-state index >= 15 is 0 Å². The Morgan fingerprint density at radius 2 is 1.88 bits per heavy atom. The largest absolute Gasteiger partial charge is 0.459 e. The van der Waals surface area contributed by atoms with Crippen LogP contribution in [0.3, 0.4) is 0 Å². The number of rotatable bonds is 7. The molecule has 2 heterocycles. The molecule has 0 atom stereocenters. The molecule has 1 amide bonds. The van der Waals surface area contributed by atoms with Crippen LogP contribution in [-0.2, 0) is 6.54 Å². The van der Waals surface area contributed by atoms with E-state index in [1.165, 1.54) is 12.3 Å². The van der Waals surface area contributed by atoms with Crippen LogP contribution in [0.25, 0.3) is 0 Å². The van der Waals surface area contributed by atoms with Crippen LogP contribution >= 0.6 is 0 Å². The Bertz CT molecular complexity index is 898. The highest BCUT2D eigenvalue weighted by Crippen LogP contribution is 2.28. The van der Waals surface area contributed by atoms with E-state index in [4.69, 9.17) is 4.42 Å². The summed E-state index contributed by atoms with van der Waals surface area (Å²) in [5.41, 5.74) is 5.27. The van der Waals surface area contributed by atoms with Crippen LogP contribution in [0.15, 0.2) is 59.5 Å². The van der Waals surface area contributed by atoms with Crippen LogP contribution < -0.4 is 16.2 Å². The maximum absolute atomic E-state index is 11.9. The Morgan fingerprint density at radius 3 is 2.58 bits per heavy atom. The first kappa shape index (κ1) is 16.9. The fourth-order valence-electron chi connectivity index (χ4n) is 2.14. The third-order valence-electron chi connectivity index (χ3n) is 3.35. The van der Waals surface area contributed by atoms with Crippen LogP contribution in [0.1, 0.15) is 16.1 Å². The zero-order valence-corrected chi connectivity index (χ0v) is 13.4. The number of carbonyl (C=O) groups excluding carboxylic acids is 1. The third-order valence-corrected chi connectivity index (χ3v) is 3.35. The van der Waals surface area contributed by atoms with Gasteiger partial charge in [-0.25, -0.2) is 9.97 Å². The van der Waals surface area contributed by atoms with Crippen molar-refractivity contribution in [2.75, 3.05) is 10.7 Å². The number of aromatic nitrogens is 2. The van der Waals surface area contributed by atoms with Gasteiger partial charge in [0.15, 0.2) is 5.76 Å². The fraction of sp³-hybridized carbons (Fsp3) is 0.0625. The molecule has 0 saturated carbocycles. The molecule has 0 radical (unpaired) electrons. The predicted molar refractivity (Wildman–Crippen MR) is 92.3 cm³/mol. The number of amides is 1. The van der Waals surface area contributed by atoms with Gasteiger partial charge in [-0.2, -0.15) is 0 Å². The lowest BCUT2D eigenvalue weighted by atomic mass is 10.2. The number of hydrogen-bond acceptors (Lipinski definition) is 8. The number of anilines is 2. The summed E-state index contributed by atoms with van der Waals surface area (Å²) in [4.78, 5) is 30.4. The van der Waals surface area contributed by atoms with Crippen molar-refractivity contribution in [1.82, 2.24) is 15.4 Å². The molecule has 3 rings (SSSR count). The molecule has 0 aliphatic carbocycles. The Kier molecular flexibility index (Phi) is 5.03. The molecule has 10 heteroatoms. The number of furan rings is 1. The molecule has 3 N–H and O–H groups in total. The summed E-state index contributed by atoms with van der Waals surface area (Å²) in [6.07, 6.45) is 2.50. The number of nitro groups is 1. The minimum absolute atomic E-state index is 0.0311. The van der Waals surface area contributed by atoms with E-state index in [1.807, 2.05) is 30.3 Å². The van der Waals surface area contributed by atoms with Crippen molar-refractivity contribution in [3.8, 4) is 0 Å².